The van der Waals surface area contributed by atoms with Crippen LogP contribution in [0.2, 0.25) is 0 Å². The summed E-state index contributed by atoms with van der Waals surface area (Å²) >= 11 is 0. The van der Waals surface area contributed by atoms with Crippen LogP contribution in [-0.2, 0) is 6.54 Å². The van der Waals surface area contributed by atoms with Crippen molar-refractivity contribution in [3.05, 3.63) is 83.7 Å². The maximum absolute atomic E-state index is 14.0. The first-order valence-corrected chi connectivity index (χ1v) is 9.90. The molecule has 0 unspecified atom stereocenters. The smallest absolute Gasteiger partial charge is 0.164 e. The van der Waals surface area contributed by atoms with Crippen LogP contribution < -0.4 is 0 Å². The lowest BCUT2D eigenvalue weighted by molar-refractivity contribution is 0.0924. The van der Waals surface area contributed by atoms with Gasteiger partial charge in [-0.25, -0.2) is 4.39 Å². The molecule has 3 aromatic carbocycles. The fraction of sp³-hybridized carbons (Fsp3) is 0.292. The van der Waals surface area contributed by atoms with Crippen molar-refractivity contribution < 1.29 is 9.18 Å². The molecule has 0 N–H and O–H groups in total. The average molecular weight is 449 g/mol. The predicted octanol–water partition coefficient (Wildman–Crippen LogP) is 5.21. The summed E-state index contributed by atoms with van der Waals surface area (Å²) in [6.45, 7) is 5.72. The number of nitrogens with zero attached hydrogens (tertiary/aromatic N) is 2. The Morgan fingerprint density at radius 3 is 2.07 bits per heavy atom. The van der Waals surface area contributed by atoms with Gasteiger partial charge in [-0.05, 0) is 23.1 Å². The third-order valence-electron chi connectivity index (χ3n) is 5.54. The van der Waals surface area contributed by atoms with E-state index < -0.39 is 0 Å². The number of benzene rings is 3. The van der Waals surface area contributed by atoms with Crippen LogP contribution in [0.15, 0.2) is 66.7 Å². The highest BCUT2D eigenvalue weighted by Crippen LogP contribution is 2.23. The van der Waals surface area contributed by atoms with Crippen molar-refractivity contribution in [2.45, 2.75) is 13.0 Å². The zero-order valence-electron chi connectivity index (χ0n) is 16.8. The molecule has 0 atom stereocenters. The molecule has 3 nitrogen and oxygen atoms in total. The van der Waals surface area contributed by atoms with Crippen molar-refractivity contribution >= 4 is 41.4 Å². The summed E-state index contributed by atoms with van der Waals surface area (Å²) in [7, 11) is 0. The third-order valence-corrected chi connectivity index (χ3v) is 5.54. The first-order chi connectivity index (χ1) is 13.7. The van der Waals surface area contributed by atoms with Crippen LogP contribution in [0, 0.1) is 5.82 Å². The normalized spacial score (nSPS) is 14.7. The van der Waals surface area contributed by atoms with Gasteiger partial charge < -0.3 is 4.90 Å². The van der Waals surface area contributed by atoms with E-state index >= 15 is 0 Å². The second-order valence-corrected chi connectivity index (χ2v) is 7.42. The first kappa shape index (κ1) is 24.3. The van der Waals surface area contributed by atoms with Crippen LogP contribution in [0.1, 0.15) is 22.3 Å². The molecular formula is C24H27Cl2FN2O. The fourth-order valence-corrected chi connectivity index (χ4v) is 3.91. The molecule has 160 valence electrons. The number of fused-ring (bicyclic) bond motifs is 1. The van der Waals surface area contributed by atoms with Gasteiger partial charge in [0.2, 0.25) is 0 Å². The van der Waals surface area contributed by atoms with Gasteiger partial charge >= 0.3 is 0 Å². The lowest BCUT2D eigenvalue weighted by Gasteiger charge is -2.34. The van der Waals surface area contributed by atoms with Gasteiger partial charge in [0, 0.05) is 56.6 Å². The van der Waals surface area contributed by atoms with Crippen LogP contribution in [0.25, 0.3) is 10.8 Å². The lowest BCUT2D eigenvalue weighted by atomic mass is 9.99. The van der Waals surface area contributed by atoms with Gasteiger partial charge in [0.1, 0.15) is 5.82 Å². The molecule has 0 spiro atoms. The van der Waals surface area contributed by atoms with E-state index in [1.54, 1.807) is 18.2 Å². The zero-order valence-corrected chi connectivity index (χ0v) is 18.4. The van der Waals surface area contributed by atoms with Crippen molar-refractivity contribution in [3.8, 4) is 0 Å². The molecule has 0 bridgehead atoms. The quantitative estimate of drug-likeness (QED) is 0.483. The summed E-state index contributed by atoms with van der Waals surface area (Å²) in [5.74, 6) is -0.190. The molecular weight excluding hydrogens is 422 g/mol. The Labute approximate surface area is 189 Å². The highest BCUT2D eigenvalue weighted by molar-refractivity contribution is 6.08. The fourth-order valence-electron chi connectivity index (χ4n) is 3.91. The molecule has 1 saturated heterocycles. The molecule has 0 amide bonds. The van der Waals surface area contributed by atoms with E-state index in [4.69, 9.17) is 0 Å². The van der Waals surface area contributed by atoms with E-state index in [-0.39, 0.29) is 36.4 Å². The minimum Gasteiger partial charge on any atom is -0.300 e. The van der Waals surface area contributed by atoms with Crippen LogP contribution in [0.3, 0.4) is 0 Å². The Hall–Kier alpha value is -1.98. The molecule has 1 aliphatic heterocycles. The molecule has 1 aliphatic rings. The Morgan fingerprint density at radius 1 is 0.767 bits per heavy atom. The van der Waals surface area contributed by atoms with Gasteiger partial charge in [-0.2, -0.15) is 0 Å². The van der Waals surface area contributed by atoms with Crippen molar-refractivity contribution in [1.82, 2.24) is 9.80 Å². The summed E-state index contributed by atoms with van der Waals surface area (Å²) < 4.78 is 14.0. The number of rotatable bonds is 6. The minimum atomic E-state index is -0.276. The standard InChI is InChI=1S/C24H25FN2O.2ClH/c25-23-11-10-22(20-8-4-5-9-21(20)23)24(28)12-13-26-14-16-27(17-15-26)18-19-6-2-1-3-7-19;;/h1-11H,12-18H2;2*1H. The van der Waals surface area contributed by atoms with Gasteiger partial charge in [0.25, 0.3) is 0 Å². The molecule has 4 rings (SSSR count). The molecule has 1 heterocycles. The third kappa shape index (κ3) is 5.79. The van der Waals surface area contributed by atoms with Crippen molar-refractivity contribution in [2.75, 3.05) is 32.7 Å². The number of piperazine rings is 1. The number of Topliss-reactive ketones (excluding diaryl/α,β-unsaturated/α-hetero) is 1. The predicted molar refractivity (Wildman–Crippen MR) is 126 cm³/mol. The Balaban J connectivity index is 0.00000160. The van der Waals surface area contributed by atoms with Gasteiger partial charge in [-0.3, -0.25) is 9.69 Å². The van der Waals surface area contributed by atoms with E-state index in [0.717, 1.165) is 39.3 Å². The Morgan fingerprint density at radius 2 is 1.37 bits per heavy atom. The second-order valence-electron chi connectivity index (χ2n) is 7.42. The molecule has 6 heteroatoms. The van der Waals surface area contributed by atoms with Crippen LogP contribution in [0.5, 0.6) is 0 Å². The topological polar surface area (TPSA) is 23.6 Å². The van der Waals surface area contributed by atoms with E-state index in [2.05, 4.69) is 34.1 Å². The van der Waals surface area contributed by atoms with Crippen molar-refractivity contribution in [2.24, 2.45) is 0 Å². The summed E-state index contributed by atoms with van der Waals surface area (Å²) in [6, 6.07) is 20.8. The summed E-state index contributed by atoms with van der Waals surface area (Å²) in [6.07, 6.45) is 0.467. The highest BCUT2D eigenvalue weighted by Gasteiger charge is 2.19. The molecule has 0 aliphatic carbocycles. The first-order valence-electron chi connectivity index (χ1n) is 9.90. The van der Waals surface area contributed by atoms with Crippen molar-refractivity contribution in [3.63, 3.8) is 0 Å². The van der Waals surface area contributed by atoms with Gasteiger partial charge in [0.05, 0.1) is 0 Å². The van der Waals surface area contributed by atoms with E-state index in [1.165, 1.54) is 11.6 Å². The molecule has 0 radical (unpaired) electrons. The summed E-state index contributed by atoms with van der Waals surface area (Å²) in [5, 5.41) is 1.23. The van der Waals surface area contributed by atoms with E-state index in [9.17, 15) is 9.18 Å². The number of carbonyl (C=O) groups excluding carboxylic acids is 1. The van der Waals surface area contributed by atoms with E-state index in [1.807, 2.05) is 18.2 Å². The number of ketones is 1. The number of carbonyl (C=O) groups is 1. The molecule has 0 saturated carbocycles. The lowest BCUT2D eigenvalue weighted by Crippen LogP contribution is -2.46. The van der Waals surface area contributed by atoms with E-state index in [0.29, 0.717) is 22.8 Å². The highest BCUT2D eigenvalue weighted by atomic mass is 35.5. The molecule has 0 aromatic heterocycles. The Kier molecular flexibility index (Phi) is 9.25. The minimum absolute atomic E-state index is 0. The average Bonchev–Trinajstić information content (AvgIpc) is 2.74. The number of hydrogen-bond acceptors (Lipinski definition) is 3. The van der Waals surface area contributed by atoms with Crippen molar-refractivity contribution in [1.29, 1.82) is 0 Å². The molecule has 3 aromatic rings. The van der Waals surface area contributed by atoms with Gasteiger partial charge in [0.15, 0.2) is 5.78 Å². The Bertz CT molecular complexity index is 960. The second kappa shape index (κ2) is 11.4. The van der Waals surface area contributed by atoms with Gasteiger partial charge in [-0.15, -0.1) is 24.8 Å². The summed E-state index contributed by atoms with van der Waals surface area (Å²) in [4.78, 5) is 17.6. The van der Waals surface area contributed by atoms with Crippen LogP contribution >= 0.6 is 24.8 Å². The van der Waals surface area contributed by atoms with Crippen LogP contribution in [-0.4, -0.2) is 48.3 Å². The van der Waals surface area contributed by atoms with Gasteiger partial charge in [-0.1, -0.05) is 54.6 Å². The largest absolute Gasteiger partial charge is 0.300 e. The monoisotopic (exact) mass is 448 g/mol. The summed E-state index contributed by atoms with van der Waals surface area (Å²) in [5.41, 5.74) is 1.97. The maximum atomic E-state index is 14.0. The zero-order chi connectivity index (χ0) is 19.3. The molecule has 30 heavy (non-hydrogen) atoms. The molecule has 1 fully saturated rings. The van der Waals surface area contributed by atoms with Crippen LogP contribution in [0.4, 0.5) is 4.39 Å². The number of halogens is 3. The number of hydrogen-bond donors (Lipinski definition) is 0. The SMILES string of the molecule is Cl.Cl.O=C(CCN1CCN(Cc2ccccc2)CC1)c1ccc(F)c2ccccc12. The maximum Gasteiger partial charge on any atom is 0.164 e.